The van der Waals surface area contributed by atoms with Crippen LogP contribution in [0.1, 0.15) is 47.1 Å². The maximum Gasteiger partial charge on any atom is 0.164 e. The van der Waals surface area contributed by atoms with Crippen LogP contribution in [0.3, 0.4) is 0 Å². The summed E-state index contributed by atoms with van der Waals surface area (Å²) in [6.45, 7) is 0. The number of nitrogens with zero attached hydrogens (tertiary/aromatic N) is 5. The van der Waals surface area contributed by atoms with Crippen LogP contribution in [0.15, 0.2) is 187 Å². The summed E-state index contributed by atoms with van der Waals surface area (Å²) in [6, 6.07) is 43.9. The van der Waals surface area contributed by atoms with Gasteiger partial charge in [0, 0.05) is 50.7 Å². The van der Waals surface area contributed by atoms with E-state index >= 15 is 0 Å². The first-order valence-electron chi connectivity index (χ1n) is 20.4. The highest BCUT2D eigenvalue weighted by Crippen LogP contribution is 2.54. The topological polar surface area (TPSA) is 46.8 Å². The molecular weight excluding hydrogens is 707 g/mol. The standard InChI is InChI=1S/C53H39N5/c1-3-16-34(17-4-1)51-54-52(35-18-5-2-6-19-35)56-53(55-51)42-30-31-46(39-23-10-9-22-38(39)42)58-48-29-15-28-47(50(48)43-32-36-20-7-8-21-37(36)33-49(43)58)57-44-26-13-11-24-40(44)41-25-12-14-27-45(41)57/h1-5,7-18,20-31,33,39,43,46H,6,19,32H2. The smallest absolute Gasteiger partial charge is 0.164 e. The van der Waals surface area contributed by atoms with Gasteiger partial charge in [-0.05, 0) is 71.9 Å². The van der Waals surface area contributed by atoms with E-state index in [1.165, 1.54) is 61.1 Å². The van der Waals surface area contributed by atoms with Crippen molar-refractivity contribution >= 4 is 44.7 Å². The molecule has 5 aromatic carbocycles. The summed E-state index contributed by atoms with van der Waals surface area (Å²) in [5, 5.41) is 2.56. The van der Waals surface area contributed by atoms with E-state index in [2.05, 4.69) is 173 Å². The van der Waals surface area contributed by atoms with Crippen LogP contribution in [-0.4, -0.2) is 25.6 Å². The van der Waals surface area contributed by atoms with Crippen molar-refractivity contribution in [1.29, 1.82) is 0 Å². The first-order chi connectivity index (χ1) is 28.8. The summed E-state index contributed by atoms with van der Waals surface area (Å²) in [7, 11) is 0. The predicted octanol–water partition coefficient (Wildman–Crippen LogP) is 12.0. The minimum atomic E-state index is 0.0368. The largest absolute Gasteiger partial charge is 0.336 e. The SMILES string of the molecule is C1=CCCC(c2nc(C3=C4C=CC=CC4C(N4C5=Cc6ccccc6CC5c5c4cccc5-n4c5ccccc5c5ccccc54)C=C3)nc(-c3ccccc3)n2)=C1. The zero-order valence-electron chi connectivity index (χ0n) is 31.9. The Morgan fingerprint density at radius 1 is 0.603 bits per heavy atom. The van der Waals surface area contributed by atoms with E-state index in [-0.39, 0.29) is 17.9 Å². The van der Waals surface area contributed by atoms with E-state index in [4.69, 9.17) is 15.0 Å². The maximum absolute atomic E-state index is 5.22. The Balaban J connectivity index is 1.04. The van der Waals surface area contributed by atoms with Crippen LogP contribution in [-0.2, 0) is 6.42 Å². The highest BCUT2D eigenvalue weighted by atomic mass is 15.2. The minimum Gasteiger partial charge on any atom is -0.336 e. The van der Waals surface area contributed by atoms with Gasteiger partial charge in [-0.15, -0.1) is 0 Å². The third-order valence-corrected chi connectivity index (χ3v) is 12.6. The Kier molecular flexibility index (Phi) is 7.55. The lowest BCUT2D eigenvalue weighted by molar-refractivity contribution is 0.616. The molecule has 12 rings (SSSR count). The van der Waals surface area contributed by atoms with Crippen molar-refractivity contribution in [2.24, 2.45) is 5.92 Å². The van der Waals surface area contributed by atoms with E-state index in [9.17, 15) is 0 Å². The summed E-state index contributed by atoms with van der Waals surface area (Å²) in [6.07, 6.45) is 25.5. The molecule has 0 N–H and O–H groups in total. The fourth-order valence-electron chi connectivity index (χ4n) is 10.0. The van der Waals surface area contributed by atoms with Crippen molar-refractivity contribution in [2.75, 3.05) is 4.90 Å². The number of para-hydroxylation sites is 2. The van der Waals surface area contributed by atoms with Gasteiger partial charge in [0.25, 0.3) is 0 Å². The highest BCUT2D eigenvalue weighted by molar-refractivity contribution is 6.09. The first-order valence-corrected chi connectivity index (χ1v) is 20.4. The van der Waals surface area contributed by atoms with Crippen molar-refractivity contribution in [3.63, 3.8) is 0 Å². The van der Waals surface area contributed by atoms with Crippen LogP contribution in [0.4, 0.5) is 5.69 Å². The summed E-state index contributed by atoms with van der Waals surface area (Å²) in [5.41, 5.74) is 14.8. The van der Waals surface area contributed by atoms with Gasteiger partial charge in [-0.1, -0.05) is 152 Å². The average Bonchev–Trinajstić information content (AvgIpc) is 3.80. The second-order valence-corrected chi connectivity index (χ2v) is 15.8. The van der Waals surface area contributed by atoms with Gasteiger partial charge in [0.05, 0.1) is 22.8 Å². The van der Waals surface area contributed by atoms with Gasteiger partial charge in [0.2, 0.25) is 0 Å². The van der Waals surface area contributed by atoms with Gasteiger partial charge in [-0.2, -0.15) is 0 Å². The number of allylic oxidation sites excluding steroid dienone is 10. The van der Waals surface area contributed by atoms with Crippen LogP contribution in [0.2, 0.25) is 0 Å². The molecule has 0 fully saturated rings. The molecule has 3 unspecified atom stereocenters. The van der Waals surface area contributed by atoms with Crippen molar-refractivity contribution in [1.82, 2.24) is 19.5 Å². The summed E-state index contributed by atoms with van der Waals surface area (Å²) in [4.78, 5) is 18.1. The molecular formula is C53H39N5. The molecule has 1 aliphatic heterocycles. The molecule has 58 heavy (non-hydrogen) atoms. The maximum atomic E-state index is 5.22. The summed E-state index contributed by atoms with van der Waals surface area (Å²) < 4.78 is 2.51. The Labute approximate surface area is 337 Å². The van der Waals surface area contributed by atoms with E-state index in [1.54, 1.807) is 0 Å². The Hall–Kier alpha value is -7.11. The summed E-state index contributed by atoms with van der Waals surface area (Å²) in [5.74, 6) is 2.44. The number of fused-ring (bicyclic) bond motifs is 8. The second-order valence-electron chi connectivity index (χ2n) is 15.8. The molecule has 2 aromatic heterocycles. The Morgan fingerprint density at radius 2 is 1.34 bits per heavy atom. The third kappa shape index (κ3) is 5.13. The zero-order valence-corrected chi connectivity index (χ0v) is 31.9. The van der Waals surface area contributed by atoms with Crippen molar-refractivity contribution in [3.05, 3.63) is 216 Å². The normalized spacial score (nSPS) is 20.2. The molecule has 3 atom stereocenters. The van der Waals surface area contributed by atoms with Gasteiger partial charge in [0.1, 0.15) is 0 Å². The van der Waals surface area contributed by atoms with Crippen LogP contribution < -0.4 is 4.90 Å². The molecule has 3 heterocycles. The molecule has 7 aromatic rings. The molecule has 276 valence electrons. The molecule has 5 heteroatoms. The lowest BCUT2D eigenvalue weighted by atomic mass is 9.79. The van der Waals surface area contributed by atoms with Crippen LogP contribution in [0.25, 0.3) is 56.1 Å². The van der Waals surface area contributed by atoms with Crippen molar-refractivity contribution in [3.8, 4) is 17.1 Å². The van der Waals surface area contributed by atoms with Crippen LogP contribution >= 0.6 is 0 Å². The van der Waals surface area contributed by atoms with Crippen molar-refractivity contribution < 1.29 is 0 Å². The molecule has 0 saturated carbocycles. The molecule has 0 spiro atoms. The third-order valence-electron chi connectivity index (χ3n) is 12.6. The van der Waals surface area contributed by atoms with Crippen LogP contribution in [0.5, 0.6) is 0 Å². The second kappa shape index (κ2) is 13.2. The van der Waals surface area contributed by atoms with Gasteiger partial charge in [-0.25, -0.2) is 15.0 Å². The lowest BCUT2D eigenvalue weighted by Gasteiger charge is -2.39. The number of aromatic nitrogens is 4. The number of benzene rings is 5. The fourth-order valence-corrected chi connectivity index (χ4v) is 10.0. The van der Waals surface area contributed by atoms with E-state index in [1.807, 2.05) is 18.2 Å². The van der Waals surface area contributed by atoms with Gasteiger partial charge in [-0.3, -0.25) is 0 Å². The van der Waals surface area contributed by atoms with E-state index < -0.39 is 0 Å². The molecule has 0 bridgehead atoms. The monoisotopic (exact) mass is 745 g/mol. The molecule has 5 aliphatic rings. The van der Waals surface area contributed by atoms with Gasteiger partial charge in [0.15, 0.2) is 17.5 Å². The average molecular weight is 746 g/mol. The molecule has 4 aliphatic carbocycles. The molecule has 0 radical (unpaired) electrons. The molecule has 0 amide bonds. The number of anilines is 1. The fraction of sp³-hybridized carbons (Fsp3) is 0.113. The van der Waals surface area contributed by atoms with E-state index in [0.717, 1.165) is 41.8 Å². The number of rotatable bonds is 5. The Morgan fingerprint density at radius 3 is 2.17 bits per heavy atom. The predicted molar refractivity (Wildman–Crippen MR) is 237 cm³/mol. The van der Waals surface area contributed by atoms with Gasteiger partial charge < -0.3 is 9.47 Å². The number of hydrogen-bond donors (Lipinski definition) is 0. The summed E-state index contributed by atoms with van der Waals surface area (Å²) >= 11 is 0. The highest BCUT2D eigenvalue weighted by Gasteiger charge is 2.44. The van der Waals surface area contributed by atoms with E-state index in [0.29, 0.717) is 11.6 Å². The van der Waals surface area contributed by atoms with Crippen molar-refractivity contribution in [2.45, 2.75) is 31.2 Å². The number of hydrogen-bond acceptors (Lipinski definition) is 4. The Bertz CT molecular complexity index is 3010. The zero-order chi connectivity index (χ0) is 38.2. The minimum absolute atomic E-state index is 0.0368. The first kappa shape index (κ1) is 33.1. The molecule has 5 nitrogen and oxygen atoms in total. The lowest BCUT2D eigenvalue weighted by Crippen LogP contribution is -2.40. The van der Waals surface area contributed by atoms with Gasteiger partial charge >= 0.3 is 0 Å². The quantitative estimate of drug-likeness (QED) is 0.176. The van der Waals surface area contributed by atoms with Crippen LogP contribution in [0, 0.1) is 5.92 Å². The molecule has 0 saturated heterocycles.